The summed E-state index contributed by atoms with van der Waals surface area (Å²) in [6.07, 6.45) is -0.387. The number of fused-ring (bicyclic) bond motifs is 3. The van der Waals surface area contributed by atoms with Crippen LogP contribution in [-0.2, 0) is 9.53 Å². The van der Waals surface area contributed by atoms with E-state index < -0.39 is 0 Å². The number of nitrogens with one attached hydrogen (secondary N) is 2. The van der Waals surface area contributed by atoms with Crippen molar-refractivity contribution >= 4 is 12.0 Å². The van der Waals surface area contributed by atoms with Crippen molar-refractivity contribution in [1.82, 2.24) is 10.6 Å². The standard InChI is InChI=1S/C16H15NO2.C3H7NO/c1-17-16(18)19-10-15-13-8-4-2-6-11(13)12-7-3-5-9-14(12)15;1-3(5)4-2/h2-9,15H,10H2,1H3,(H,17,18);1-2H3,(H,4,5). The molecule has 1 aliphatic carbocycles. The van der Waals surface area contributed by atoms with Gasteiger partial charge in [0.2, 0.25) is 5.91 Å². The number of ether oxygens (including phenoxy) is 1. The van der Waals surface area contributed by atoms with Crippen LogP contribution in [0.15, 0.2) is 48.5 Å². The lowest BCUT2D eigenvalue weighted by atomic mass is 9.98. The van der Waals surface area contributed by atoms with Crippen LogP contribution < -0.4 is 10.6 Å². The molecule has 2 aromatic carbocycles. The van der Waals surface area contributed by atoms with E-state index >= 15 is 0 Å². The Morgan fingerprint density at radius 1 is 0.917 bits per heavy atom. The highest BCUT2D eigenvalue weighted by Gasteiger charge is 2.28. The van der Waals surface area contributed by atoms with Crippen molar-refractivity contribution in [2.45, 2.75) is 12.8 Å². The summed E-state index contributed by atoms with van der Waals surface area (Å²) in [4.78, 5) is 21.0. The molecule has 0 aliphatic heterocycles. The average Bonchev–Trinajstić information content (AvgIpc) is 2.94. The number of hydrogen-bond acceptors (Lipinski definition) is 3. The Bertz CT molecular complexity index is 683. The Morgan fingerprint density at radius 2 is 1.38 bits per heavy atom. The van der Waals surface area contributed by atoms with Crippen molar-refractivity contribution in [2.24, 2.45) is 0 Å². The maximum Gasteiger partial charge on any atom is 0.406 e. The molecule has 5 nitrogen and oxygen atoms in total. The molecular formula is C19H22N2O3. The first-order chi connectivity index (χ1) is 11.6. The van der Waals surface area contributed by atoms with E-state index in [9.17, 15) is 9.59 Å². The predicted octanol–water partition coefficient (Wildman–Crippen LogP) is 2.91. The van der Waals surface area contributed by atoms with Gasteiger partial charge in [0.1, 0.15) is 6.61 Å². The van der Waals surface area contributed by atoms with Crippen molar-refractivity contribution in [2.75, 3.05) is 20.7 Å². The Kier molecular flexibility index (Phi) is 5.95. The van der Waals surface area contributed by atoms with E-state index in [2.05, 4.69) is 34.9 Å². The molecule has 0 fully saturated rings. The summed E-state index contributed by atoms with van der Waals surface area (Å²) in [6.45, 7) is 1.84. The summed E-state index contributed by atoms with van der Waals surface area (Å²) >= 11 is 0. The van der Waals surface area contributed by atoms with Gasteiger partial charge in [-0.25, -0.2) is 4.79 Å². The van der Waals surface area contributed by atoms with Gasteiger partial charge in [-0.2, -0.15) is 0 Å². The zero-order chi connectivity index (χ0) is 17.5. The minimum absolute atomic E-state index is 0.00463. The maximum atomic E-state index is 11.3. The summed E-state index contributed by atoms with van der Waals surface area (Å²) < 4.78 is 5.24. The van der Waals surface area contributed by atoms with Gasteiger partial charge in [0.05, 0.1) is 0 Å². The Labute approximate surface area is 142 Å². The highest BCUT2D eigenvalue weighted by molar-refractivity contribution is 5.79. The van der Waals surface area contributed by atoms with Crippen molar-refractivity contribution in [3.8, 4) is 11.1 Å². The van der Waals surface area contributed by atoms with Gasteiger partial charge in [-0.3, -0.25) is 4.79 Å². The van der Waals surface area contributed by atoms with Crippen LogP contribution in [-0.4, -0.2) is 32.7 Å². The first-order valence-corrected chi connectivity index (χ1v) is 7.79. The summed E-state index contributed by atoms with van der Waals surface area (Å²) in [5.41, 5.74) is 4.94. The van der Waals surface area contributed by atoms with Crippen LogP contribution in [0.3, 0.4) is 0 Å². The molecule has 0 saturated heterocycles. The summed E-state index contributed by atoms with van der Waals surface area (Å²) in [5.74, 6) is 0.134. The number of carbonyl (C=O) groups is 2. The second-order valence-corrected chi connectivity index (χ2v) is 5.38. The smallest absolute Gasteiger partial charge is 0.406 e. The number of rotatable bonds is 2. The number of carbonyl (C=O) groups excluding carboxylic acids is 2. The van der Waals surface area contributed by atoms with Crippen LogP contribution in [0.2, 0.25) is 0 Å². The van der Waals surface area contributed by atoms with Crippen molar-refractivity contribution in [3.05, 3.63) is 59.7 Å². The van der Waals surface area contributed by atoms with Gasteiger partial charge in [-0.15, -0.1) is 0 Å². The zero-order valence-corrected chi connectivity index (χ0v) is 14.1. The molecule has 0 spiro atoms. The topological polar surface area (TPSA) is 67.4 Å². The Morgan fingerprint density at radius 3 is 1.79 bits per heavy atom. The van der Waals surface area contributed by atoms with Crippen LogP contribution in [0, 0.1) is 0 Å². The fraction of sp³-hybridized carbons (Fsp3) is 0.263. The van der Waals surface area contributed by atoms with E-state index in [0.29, 0.717) is 6.61 Å². The zero-order valence-electron chi connectivity index (χ0n) is 14.1. The molecule has 0 aromatic heterocycles. The minimum atomic E-state index is -0.387. The summed E-state index contributed by atoms with van der Waals surface area (Å²) in [5, 5.41) is 4.86. The molecule has 24 heavy (non-hydrogen) atoms. The summed E-state index contributed by atoms with van der Waals surface area (Å²) in [7, 11) is 3.17. The van der Waals surface area contributed by atoms with E-state index in [-0.39, 0.29) is 17.9 Å². The molecule has 0 atom stereocenters. The van der Waals surface area contributed by atoms with Crippen molar-refractivity contribution < 1.29 is 14.3 Å². The normalized spacial score (nSPS) is 11.5. The molecule has 2 amide bonds. The van der Waals surface area contributed by atoms with Crippen LogP contribution in [0.4, 0.5) is 4.79 Å². The lowest BCUT2D eigenvalue weighted by Gasteiger charge is -2.13. The quantitative estimate of drug-likeness (QED) is 0.892. The first-order valence-electron chi connectivity index (χ1n) is 7.79. The molecular weight excluding hydrogens is 304 g/mol. The fourth-order valence-corrected chi connectivity index (χ4v) is 2.67. The number of benzene rings is 2. The third kappa shape index (κ3) is 3.93. The Balaban J connectivity index is 0.000000368. The molecule has 2 aromatic rings. The molecule has 126 valence electrons. The number of amides is 2. The van der Waals surface area contributed by atoms with Gasteiger partial charge < -0.3 is 15.4 Å². The third-order valence-electron chi connectivity index (χ3n) is 3.90. The van der Waals surface area contributed by atoms with Crippen LogP contribution in [0.1, 0.15) is 24.0 Å². The van der Waals surface area contributed by atoms with Crippen LogP contribution in [0.5, 0.6) is 0 Å². The van der Waals surface area contributed by atoms with Gasteiger partial charge in [-0.05, 0) is 22.3 Å². The van der Waals surface area contributed by atoms with Crippen LogP contribution >= 0.6 is 0 Å². The second kappa shape index (κ2) is 8.15. The van der Waals surface area contributed by atoms with E-state index in [1.807, 2.05) is 24.3 Å². The molecule has 0 unspecified atom stereocenters. The minimum Gasteiger partial charge on any atom is -0.449 e. The van der Waals surface area contributed by atoms with Gasteiger partial charge in [0.25, 0.3) is 0 Å². The molecule has 3 rings (SSSR count). The average molecular weight is 326 g/mol. The van der Waals surface area contributed by atoms with Crippen molar-refractivity contribution in [3.63, 3.8) is 0 Å². The first kappa shape index (κ1) is 17.5. The molecule has 1 aliphatic rings. The van der Waals surface area contributed by atoms with E-state index in [4.69, 9.17) is 4.74 Å². The number of hydrogen-bond donors (Lipinski definition) is 2. The lowest BCUT2D eigenvalue weighted by Crippen LogP contribution is -2.21. The molecule has 2 N–H and O–H groups in total. The largest absolute Gasteiger partial charge is 0.449 e. The maximum absolute atomic E-state index is 11.3. The number of alkyl carbamates (subject to hydrolysis) is 1. The third-order valence-corrected chi connectivity index (χ3v) is 3.90. The van der Waals surface area contributed by atoms with E-state index in [1.54, 1.807) is 14.1 Å². The van der Waals surface area contributed by atoms with Crippen molar-refractivity contribution in [1.29, 1.82) is 0 Å². The lowest BCUT2D eigenvalue weighted by molar-refractivity contribution is -0.118. The molecule has 5 heteroatoms. The van der Waals surface area contributed by atoms with Gasteiger partial charge >= 0.3 is 6.09 Å². The SMILES string of the molecule is CNC(=O)OCC1c2ccccc2-c2ccccc21.CNC(C)=O. The fourth-order valence-electron chi connectivity index (χ4n) is 2.67. The van der Waals surface area contributed by atoms with E-state index in [1.165, 1.54) is 29.2 Å². The van der Waals surface area contributed by atoms with Gasteiger partial charge in [0.15, 0.2) is 0 Å². The highest BCUT2D eigenvalue weighted by Crippen LogP contribution is 2.44. The Hall–Kier alpha value is -2.82. The monoisotopic (exact) mass is 326 g/mol. The molecule has 0 bridgehead atoms. The second-order valence-electron chi connectivity index (χ2n) is 5.38. The highest BCUT2D eigenvalue weighted by atomic mass is 16.5. The predicted molar refractivity (Wildman–Crippen MR) is 93.9 cm³/mol. The molecule has 0 heterocycles. The molecule has 0 saturated carbocycles. The van der Waals surface area contributed by atoms with Gasteiger partial charge in [-0.1, -0.05) is 48.5 Å². The van der Waals surface area contributed by atoms with Crippen LogP contribution in [0.25, 0.3) is 11.1 Å². The summed E-state index contributed by atoms with van der Waals surface area (Å²) in [6, 6.07) is 16.6. The van der Waals surface area contributed by atoms with Gasteiger partial charge in [0, 0.05) is 26.9 Å². The molecule has 0 radical (unpaired) electrons. The van der Waals surface area contributed by atoms with E-state index in [0.717, 1.165) is 0 Å².